The molecule has 20 heavy (non-hydrogen) atoms. The average Bonchev–Trinajstić information content (AvgIpc) is 2.40. The third-order valence-corrected chi connectivity index (χ3v) is 5.25. The summed E-state index contributed by atoms with van der Waals surface area (Å²) in [5, 5.41) is 10.9. The van der Waals surface area contributed by atoms with E-state index in [-0.39, 0.29) is 11.6 Å². The van der Waals surface area contributed by atoms with Gasteiger partial charge in [0.15, 0.2) is 0 Å². The zero-order valence-electron chi connectivity index (χ0n) is 10.9. The third kappa shape index (κ3) is 3.38. The quantitative estimate of drug-likeness (QED) is 0.429. The molecule has 0 radical (unpaired) electrons. The zero-order valence-corrected chi connectivity index (χ0v) is 14.1. The minimum Gasteiger partial charge on any atom is -0.338 e. The SMILES string of the molecule is CC1CN(C(=O)c2cc(Br)cc([N+](=O)[O-])c2)CCC1Br. The molecular formula is C13H14Br2N2O3. The standard InChI is InChI=1S/C13H14Br2N2O3/c1-8-7-16(3-2-12(8)15)13(18)9-4-10(14)6-11(5-9)17(19)20/h4-6,8,12H,2-3,7H2,1H3. The Kier molecular flexibility index (Phi) is 4.80. The van der Waals surface area contributed by atoms with Gasteiger partial charge in [-0.2, -0.15) is 0 Å². The smallest absolute Gasteiger partial charge is 0.271 e. The van der Waals surface area contributed by atoms with Crippen molar-refractivity contribution in [3.05, 3.63) is 38.3 Å². The van der Waals surface area contributed by atoms with Gasteiger partial charge in [-0.1, -0.05) is 38.8 Å². The molecule has 1 aromatic rings. The Labute approximate surface area is 133 Å². The number of piperidine rings is 1. The number of hydrogen-bond donors (Lipinski definition) is 0. The topological polar surface area (TPSA) is 63.5 Å². The summed E-state index contributed by atoms with van der Waals surface area (Å²) in [5.41, 5.74) is 0.275. The van der Waals surface area contributed by atoms with Crippen molar-refractivity contribution in [1.82, 2.24) is 4.90 Å². The van der Waals surface area contributed by atoms with Crippen LogP contribution in [0.4, 0.5) is 5.69 Å². The molecule has 2 atom stereocenters. The molecule has 0 aliphatic carbocycles. The van der Waals surface area contributed by atoms with E-state index >= 15 is 0 Å². The molecule has 0 aromatic heterocycles. The van der Waals surface area contributed by atoms with Crippen LogP contribution in [0.3, 0.4) is 0 Å². The van der Waals surface area contributed by atoms with E-state index in [2.05, 4.69) is 38.8 Å². The second-order valence-corrected chi connectivity index (χ2v) is 7.08. The second kappa shape index (κ2) is 6.22. The van der Waals surface area contributed by atoms with Gasteiger partial charge in [-0.3, -0.25) is 14.9 Å². The number of nitro groups is 1. The van der Waals surface area contributed by atoms with Gasteiger partial charge in [0.25, 0.3) is 11.6 Å². The Morgan fingerprint density at radius 2 is 2.15 bits per heavy atom. The molecule has 1 amide bonds. The molecule has 1 aliphatic rings. The van der Waals surface area contributed by atoms with Crippen molar-refractivity contribution >= 4 is 43.5 Å². The van der Waals surface area contributed by atoms with E-state index < -0.39 is 4.92 Å². The Balaban J connectivity index is 2.23. The fraction of sp³-hybridized carbons (Fsp3) is 0.462. The van der Waals surface area contributed by atoms with Crippen LogP contribution in [0.25, 0.3) is 0 Å². The van der Waals surface area contributed by atoms with Gasteiger partial charge in [0.1, 0.15) is 0 Å². The number of likely N-dealkylation sites (tertiary alicyclic amines) is 1. The van der Waals surface area contributed by atoms with Crippen LogP contribution in [0.5, 0.6) is 0 Å². The fourth-order valence-corrected chi connectivity index (χ4v) is 3.14. The normalized spacial score (nSPS) is 22.6. The van der Waals surface area contributed by atoms with Crippen LogP contribution in [0, 0.1) is 16.0 Å². The molecule has 2 unspecified atom stereocenters. The molecule has 0 saturated carbocycles. The maximum Gasteiger partial charge on any atom is 0.271 e. The fourth-order valence-electron chi connectivity index (χ4n) is 2.29. The molecule has 1 aliphatic heterocycles. The number of carbonyl (C=O) groups excluding carboxylic acids is 1. The molecule has 0 N–H and O–H groups in total. The van der Waals surface area contributed by atoms with Crippen LogP contribution >= 0.6 is 31.9 Å². The molecule has 5 nitrogen and oxygen atoms in total. The average molecular weight is 406 g/mol. The van der Waals surface area contributed by atoms with Crippen LogP contribution in [0.15, 0.2) is 22.7 Å². The minimum atomic E-state index is -0.491. The van der Waals surface area contributed by atoms with Crippen LogP contribution in [-0.2, 0) is 0 Å². The van der Waals surface area contributed by atoms with Gasteiger partial charge in [-0.05, 0) is 18.4 Å². The number of nitrogens with zero attached hydrogens (tertiary/aromatic N) is 2. The van der Waals surface area contributed by atoms with Crippen LogP contribution in [-0.4, -0.2) is 33.6 Å². The summed E-state index contributed by atoms with van der Waals surface area (Å²) in [5.74, 6) is 0.218. The molecule has 2 rings (SSSR count). The van der Waals surface area contributed by atoms with Crippen molar-refractivity contribution in [1.29, 1.82) is 0 Å². The Hall–Kier alpha value is -0.950. The number of halogens is 2. The van der Waals surface area contributed by atoms with Gasteiger partial charge in [-0.25, -0.2) is 0 Å². The maximum absolute atomic E-state index is 12.4. The van der Waals surface area contributed by atoms with E-state index in [0.29, 0.717) is 33.9 Å². The number of non-ortho nitro benzene ring substituents is 1. The van der Waals surface area contributed by atoms with Gasteiger partial charge in [0.2, 0.25) is 0 Å². The van der Waals surface area contributed by atoms with Crippen molar-refractivity contribution in [2.24, 2.45) is 5.92 Å². The first-order valence-electron chi connectivity index (χ1n) is 6.27. The highest BCUT2D eigenvalue weighted by molar-refractivity contribution is 9.10. The molecule has 0 bridgehead atoms. The van der Waals surface area contributed by atoms with Crippen molar-refractivity contribution in [3.63, 3.8) is 0 Å². The highest BCUT2D eigenvalue weighted by Crippen LogP contribution is 2.26. The summed E-state index contributed by atoms with van der Waals surface area (Å²) in [6.45, 7) is 3.41. The zero-order chi connectivity index (χ0) is 14.9. The van der Waals surface area contributed by atoms with E-state index in [1.807, 2.05) is 0 Å². The third-order valence-electron chi connectivity index (χ3n) is 3.43. The van der Waals surface area contributed by atoms with Crippen molar-refractivity contribution in [2.75, 3.05) is 13.1 Å². The Bertz CT molecular complexity index is 550. The lowest BCUT2D eigenvalue weighted by molar-refractivity contribution is -0.385. The molecular weight excluding hydrogens is 392 g/mol. The second-order valence-electron chi connectivity index (χ2n) is 4.99. The maximum atomic E-state index is 12.4. The Morgan fingerprint density at radius 1 is 1.45 bits per heavy atom. The summed E-state index contributed by atoms with van der Waals surface area (Å²) >= 11 is 6.81. The largest absolute Gasteiger partial charge is 0.338 e. The summed E-state index contributed by atoms with van der Waals surface area (Å²) in [6.07, 6.45) is 0.892. The lowest BCUT2D eigenvalue weighted by atomic mass is 9.99. The van der Waals surface area contributed by atoms with Crippen LogP contribution in [0.2, 0.25) is 0 Å². The van der Waals surface area contributed by atoms with E-state index in [4.69, 9.17) is 0 Å². The number of amides is 1. The van der Waals surface area contributed by atoms with E-state index in [9.17, 15) is 14.9 Å². The van der Waals surface area contributed by atoms with Gasteiger partial charge < -0.3 is 4.90 Å². The molecule has 1 fully saturated rings. The van der Waals surface area contributed by atoms with E-state index in [0.717, 1.165) is 6.42 Å². The summed E-state index contributed by atoms with van der Waals surface area (Å²) in [6, 6.07) is 4.35. The predicted octanol–water partition coefficient (Wildman–Crippen LogP) is 3.60. The molecule has 1 aromatic carbocycles. The molecule has 1 heterocycles. The van der Waals surface area contributed by atoms with E-state index in [1.165, 1.54) is 12.1 Å². The first-order valence-corrected chi connectivity index (χ1v) is 7.97. The number of alkyl halides is 1. The van der Waals surface area contributed by atoms with Crippen molar-refractivity contribution in [2.45, 2.75) is 18.2 Å². The highest BCUT2D eigenvalue weighted by Gasteiger charge is 2.28. The van der Waals surface area contributed by atoms with Crippen LogP contribution < -0.4 is 0 Å². The number of carbonyl (C=O) groups is 1. The lowest BCUT2D eigenvalue weighted by Gasteiger charge is -2.34. The molecule has 7 heteroatoms. The number of nitro benzene ring substituents is 1. The molecule has 108 valence electrons. The van der Waals surface area contributed by atoms with Crippen molar-refractivity contribution < 1.29 is 9.72 Å². The van der Waals surface area contributed by atoms with Gasteiger partial charge in [0.05, 0.1) is 4.92 Å². The lowest BCUT2D eigenvalue weighted by Crippen LogP contribution is -2.43. The highest BCUT2D eigenvalue weighted by atomic mass is 79.9. The molecule has 0 spiro atoms. The van der Waals surface area contributed by atoms with Gasteiger partial charge >= 0.3 is 0 Å². The van der Waals surface area contributed by atoms with Gasteiger partial charge in [0, 0.05) is 40.1 Å². The minimum absolute atomic E-state index is 0.0776. The first-order chi connectivity index (χ1) is 9.38. The number of hydrogen-bond acceptors (Lipinski definition) is 3. The summed E-state index contributed by atoms with van der Waals surface area (Å²) < 4.78 is 0.540. The summed E-state index contributed by atoms with van der Waals surface area (Å²) in [4.78, 5) is 25.0. The Morgan fingerprint density at radius 3 is 2.75 bits per heavy atom. The molecule has 1 saturated heterocycles. The van der Waals surface area contributed by atoms with Crippen molar-refractivity contribution in [3.8, 4) is 0 Å². The van der Waals surface area contributed by atoms with E-state index in [1.54, 1.807) is 11.0 Å². The first kappa shape index (κ1) is 15.4. The monoisotopic (exact) mass is 404 g/mol. The number of rotatable bonds is 2. The predicted molar refractivity (Wildman–Crippen MR) is 83.2 cm³/mol. The van der Waals surface area contributed by atoms with Gasteiger partial charge in [-0.15, -0.1) is 0 Å². The summed E-state index contributed by atoms with van der Waals surface area (Å²) in [7, 11) is 0. The van der Waals surface area contributed by atoms with Crippen LogP contribution in [0.1, 0.15) is 23.7 Å². The number of benzene rings is 1.